The molecule has 1 amide bonds. The van der Waals surface area contributed by atoms with E-state index in [0.29, 0.717) is 17.9 Å². The van der Waals surface area contributed by atoms with E-state index in [1.54, 1.807) is 72.4 Å². The number of carbonyl (C=O) groups is 2. The van der Waals surface area contributed by atoms with Crippen molar-refractivity contribution in [3.05, 3.63) is 161 Å². The fourth-order valence-corrected chi connectivity index (χ4v) is 7.99. The standard InChI is InChI=1S/C41H40N2O8S2/c1-27-7-21-36(22-8-27)53(48,49)43-37(23-28-5-3-2-4-6-28)39(45)42-33-17-13-32(14-18-33)41-50-34(26-52-35-19-15-31(16-20-35)40(46)47)24-38(51-41)30-11-9-29(25-44)10-12-30/h2-22,34,37-38,41,43-44H,23-26H2,1H3,(H,42,45)(H,46,47). The summed E-state index contributed by atoms with van der Waals surface area (Å²) < 4.78 is 42.1. The van der Waals surface area contributed by atoms with Gasteiger partial charge in [-0.15, -0.1) is 11.8 Å². The number of aryl methyl sites for hydroxylation is 1. The summed E-state index contributed by atoms with van der Waals surface area (Å²) in [5, 5.41) is 21.6. The van der Waals surface area contributed by atoms with Crippen molar-refractivity contribution in [1.82, 2.24) is 4.72 Å². The number of benzene rings is 5. The Morgan fingerprint density at radius 1 is 0.811 bits per heavy atom. The number of ether oxygens (including phenoxy) is 2. The fraction of sp³-hybridized carbons (Fsp3) is 0.220. The summed E-state index contributed by atoms with van der Waals surface area (Å²) >= 11 is 1.56. The minimum absolute atomic E-state index is 0.0635. The molecule has 1 aliphatic heterocycles. The summed E-state index contributed by atoms with van der Waals surface area (Å²) in [6.45, 7) is 1.80. The quantitative estimate of drug-likeness (QED) is 0.0875. The molecule has 5 aromatic rings. The minimum atomic E-state index is -4.00. The molecule has 0 bridgehead atoms. The van der Waals surface area contributed by atoms with E-state index in [2.05, 4.69) is 10.0 Å². The van der Waals surface area contributed by atoms with Crippen LogP contribution in [0.5, 0.6) is 0 Å². The van der Waals surface area contributed by atoms with Crippen LogP contribution in [-0.2, 0) is 37.3 Å². The Balaban J connectivity index is 1.17. The van der Waals surface area contributed by atoms with Crippen LogP contribution in [0, 0.1) is 6.92 Å². The van der Waals surface area contributed by atoms with Crippen LogP contribution in [-0.4, -0.2) is 48.4 Å². The number of amides is 1. The second-order valence-electron chi connectivity index (χ2n) is 12.8. The normalized spacial score (nSPS) is 17.9. The van der Waals surface area contributed by atoms with Crippen LogP contribution in [0.1, 0.15) is 57.0 Å². The molecule has 1 saturated heterocycles. The molecule has 12 heteroatoms. The predicted molar refractivity (Wildman–Crippen MR) is 203 cm³/mol. The second kappa shape index (κ2) is 17.3. The van der Waals surface area contributed by atoms with Crippen LogP contribution < -0.4 is 10.0 Å². The third-order valence-corrected chi connectivity index (χ3v) is 11.5. The van der Waals surface area contributed by atoms with Crippen molar-refractivity contribution >= 4 is 39.3 Å². The Morgan fingerprint density at radius 3 is 2.11 bits per heavy atom. The third-order valence-electron chi connectivity index (χ3n) is 8.83. The second-order valence-corrected chi connectivity index (χ2v) is 15.6. The number of rotatable bonds is 14. The first-order valence-corrected chi connectivity index (χ1v) is 19.5. The van der Waals surface area contributed by atoms with Gasteiger partial charge in [0.1, 0.15) is 6.04 Å². The monoisotopic (exact) mass is 752 g/mol. The first kappa shape index (κ1) is 37.9. The van der Waals surface area contributed by atoms with E-state index in [-0.39, 0.29) is 35.7 Å². The molecule has 4 N–H and O–H groups in total. The molecule has 1 fully saturated rings. The van der Waals surface area contributed by atoms with E-state index in [1.807, 2.05) is 61.5 Å². The average Bonchev–Trinajstić information content (AvgIpc) is 3.17. The highest BCUT2D eigenvalue weighted by molar-refractivity contribution is 7.99. The molecule has 0 spiro atoms. The van der Waals surface area contributed by atoms with Crippen LogP contribution in [0.3, 0.4) is 0 Å². The topological polar surface area (TPSA) is 151 Å². The molecule has 1 heterocycles. The van der Waals surface area contributed by atoms with Crippen molar-refractivity contribution in [2.75, 3.05) is 11.1 Å². The van der Waals surface area contributed by atoms with Crippen molar-refractivity contribution in [1.29, 1.82) is 0 Å². The number of hydrogen-bond donors (Lipinski definition) is 4. The van der Waals surface area contributed by atoms with Gasteiger partial charge in [-0.25, -0.2) is 13.2 Å². The van der Waals surface area contributed by atoms with Gasteiger partial charge in [0, 0.05) is 28.3 Å². The summed E-state index contributed by atoms with van der Waals surface area (Å²) in [6.07, 6.45) is -0.544. The predicted octanol–water partition coefficient (Wildman–Crippen LogP) is 7.05. The maximum absolute atomic E-state index is 13.7. The summed E-state index contributed by atoms with van der Waals surface area (Å²) in [5.74, 6) is -0.901. The number of nitrogens with one attached hydrogen (secondary N) is 2. The highest BCUT2D eigenvalue weighted by Gasteiger charge is 2.33. The van der Waals surface area contributed by atoms with Gasteiger partial charge >= 0.3 is 5.97 Å². The largest absolute Gasteiger partial charge is 0.478 e. The Morgan fingerprint density at radius 2 is 1.47 bits per heavy atom. The molecule has 1 aliphatic rings. The molecule has 4 unspecified atom stereocenters. The van der Waals surface area contributed by atoms with Gasteiger partial charge in [0.2, 0.25) is 15.9 Å². The van der Waals surface area contributed by atoms with Gasteiger partial charge < -0.3 is 25.0 Å². The number of hydrogen-bond acceptors (Lipinski definition) is 8. The van der Waals surface area contributed by atoms with Crippen molar-refractivity contribution in [3.8, 4) is 0 Å². The summed E-state index contributed by atoms with van der Waals surface area (Å²) in [6, 6.07) is 35.9. The van der Waals surface area contributed by atoms with E-state index >= 15 is 0 Å². The van der Waals surface area contributed by atoms with E-state index in [0.717, 1.165) is 32.7 Å². The molecule has 0 saturated carbocycles. The SMILES string of the molecule is Cc1ccc(S(=O)(=O)NC(Cc2ccccc2)C(=O)Nc2ccc(C3OC(CSc4ccc(C(=O)O)cc4)CC(c4ccc(CO)cc4)O3)cc2)cc1. The molecule has 4 atom stereocenters. The molecule has 5 aromatic carbocycles. The molecule has 6 rings (SSSR count). The summed E-state index contributed by atoms with van der Waals surface area (Å²) in [5.41, 5.74) is 4.86. The number of aromatic carboxylic acids is 1. The molecule has 0 aromatic heterocycles. The van der Waals surface area contributed by atoms with Gasteiger partial charge in [0.05, 0.1) is 29.3 Å². The lowest BCUT2D eigenvalue weighted by Crippen LogP contribution is -2.45. The molecule has 0 radical (unpaired) electrons. The van der Waals surface area contributed by atoms with Gasteiger partial charge in [-0.05, 0) is 78.6 Å². The number of carboxylic acids is 1. The Kier molecular flexibility index (Phi) is 12.4. The zero-order chi connectivity index (χ0) is 37.4. The Labute approximate surface area is 313 Å². The van der Waals surface area contributed by atoms with Crippen molar-refractivity contribution in [2.45, 2.75) is 60.7 Å². The molecular formula is C41H40N2O8S2. The zero-order valence-corrected chi connectivity index (χ0v) is 30.6. The maximum atomic E-state index is 13.7. The van der Waals surface area contributed by atoms with Gasteiger partial charge in [0.25, 0.3) is 0 Å². The van der Waals surface area contributed by atoms with Crippen molar-refractivity contribution in [3.63, 3.8) is 0 Å². The number of thioether (sulfide) groups is 1. The van der Waals surface area contributed by atoms with Crippen molar-refractivity contribution < 1.29 is 37.7 Å². The number of carboxylic acid groups (broad SMARTS) is 1. The van der Waals surface area contributed by atoms with E-state index in [4.69, 9.17) is 9.47 Å². The number of carbonyl (C=O) groups excluding carboxylic acids is 1. The van der Waals surface area contributed by atoms with E-state index < -0.39 is 34.2 Å². The van der Waals surface area contributed by atoms with Crippen LogP contribution in [0.2, 0.25) is 0 Å². The zero-order valence-electron chi connectivity index (χ0n) is 28.9. The van der Waals surface area contributed by atoms with Crippen LogP contribution in [0.15, 0.2) is 137 Å². The number of aliphatic hydroxyl groups is 1. The first-order valence-electron chi connectivity index (χ1n) is 17.1. The van der Waals surface area contributed by atoms with Gasteiger partial charge in [0.15, 0.2) is 6.29 Å². The average molecular weight is 753 g/mol. The lowest BCUT2D eigenvalue weighted by atomic mass is 10.0. The molecule has 0 aliphatic carbocycles. The van der Waals surface area contributed by atoms with Gasteiger partial charge in [-0.2, -0.15) is 4.72 Å². The van der Waals surface area contributed by atoms with Crippen LogP contribution in [0.25, 0.3) is 0 Å². The number of anilines is 1. The lowest BCUT2D eigenvalue weighted by Gasteiger charge is -2.36. The van der Waals surface area contributed by atoms with Crippen molar-refractivity contribution in [2.24, 2.45) is 0 Å². The van der Waals surface area contributed by atoms with Crippen LogP contribution in [0.4, 0.5) is 5.69 Å². The smallest absolute Gasteiger partial charge is 0.335 e. The lowest BCUT2D eigenvalue weighted by molar-refractivity contribution is -0.245. The summed E-state index contributed by atoms with van der Waals surface area (Å²) in [4.78, 5) is 25.9. The number of sulfonamides is 1. The summed E-state index contributed by atoms with van der Waals surface area (Å²) in [7, 11) is -4.00. The van der Waals surface area contributed by atoms with Crippen LogP contribution >= 0.6 is 11.8 Å². The highest BCUT2D eigenvalue weighted by atomic mass is 32.2. The van der Waals surface area contributed by atoms with E-state index in [1.165, 1.54) is 12.1 Å². The minimum Gasteiger partial charge on any atom is -0.478 e. The molecule has 53 heavy (non-hydrogen) atoms. The third kappa shape index (κ3) is 10.2. The molecule has 274 valence electrons. The number of aliphatic hydroxyl groups excluding tert-OH is 1. The fourth-order valence-electron chi connectivity index (χ4n) is 5.87. The van der Waals surface area contributed by atoms with Gasteiger partial charge in [-0.1, -0.05) is 84.4 Å². The van der Waals surface area contributed by atoms with Gasteiger partial charge in [-0.3, -0.25) is 4.79 Å². The van der Waals surface area contributed by atoms with E-state index in [9.17, 15) is 28.2 Å². The molecule has 10 nitrogen and oxygen atoms in total. The highest BCUT2D eigenvalue weighted by Crippen LogP contribution is 2.39. The molecular weight excluding hydrogens is 713 g/mol. The first-order chi connectivity index (χ1) is 25.6. The Bertz CT molecular complexity index is 2090. The maximum Gasteiger partial charge on any atom is 0.335 e. The Hall–Kier alpha value is -4.82.